The molecule has 7 rings (SSSR count). The van der Waals surface area contributed by atoms with E-state index < -0.39 is 102 Å². The molecule has 4 aliphatic rings. The fraction of sp³-hybridized carbons (Fsp3) is 0.359. The topological polar surface area (TPSA) is 145 Å². The number of ether oxygens (including phenoxy) is 5. The van der Waals surface area contributed by atoms with Crippen molar-refractivity contribution in [3.05, 3.63) is 112 Å². The van der Waals surface area contributed by atoms with Gasteiger partial charge in [-0.2, -0.15) is 74.6 Å². The van der Waals surface area contributed by atoms with Crippen molar-refractivity contribution in [2.45, 2.75) is 153 Å². The van der Waals surface area contributed by atoms with E-state index in [9.17, 15) is 97.4 Å². The number of piperidine rings is 2. The Balaban J connectivity index is 0.000000773. The Labute approximate surface area is 715 Å². The Hall–Kier alpha value is -14.8. The van der Waals surface area contributed by atoms with Crippen molar-refractivity contribution < 1.29 is 131 Å². The van der Waals surface area contributed by atoms with E-state index in [0.717, 1.165) is 49.4 Å². The number of halogens is 20. The minimum absolute atomic E-state index is 0.0584. The van der Waals surface area contributed by atoms with Gasteiger partial charge >= 0.3 is 49.1 Å². The van der Waals surface area contributed by atoms with Crippen molar-refractivity contribution in [2.75, 3.05) is 59.0 Å². The molecule has 1 amide bonds. The van der Waals surface area contributed by atoms with E-state index >= 15 is 0 Å². The Kier molecular flexibility index (Phi) is 49.8. The molecule has 0 aliphatic carbocycles. The number of rotatable bonds is 8. The van der Waals surface area contributed by atoms with Crippen LogP contribution in [-0.4, -0.2) is 146 Å². The molecule has 0 saturated carbocycles. The molecule has 4 aliphatic heterocycles. The summed E-state index contributed by atoms with van der Waals surface area (Å²) in [6, 6.07) is 15.1. The molecule has 14 nitrogen and oxygen atoms in total. The molecule has 2 spiro atoms. The van der Waals surface area contributed by atoms with E-state index in [1.54, 1.807) is 39.8 Å². The molecule has 3 aromatic rings. The molecular weight excluding hydrogens is 1700 g/mol. The molecule has 126 heavy (non-hydrogen) atoms. The first-order valence-corrected chi connectivity index (χ1v) is 35.8. The van der Waals surface area contributed by atoms with E-state index in [-0.39, 0.29) is 37.5 Å². The van der Waals surface area contributed by atoms with Gasteiger partial charge in [0.2, 0.25) is 34.8 Å². The van der Waals surface area contributed by atoms with Crippen molar-refractivity contribution in [1.29, 1.82) is 0 Å². The maximum atomic E-state index is 13.1. The van der Waals surface area contributed by atoms with Crippen molar-refractivity contribution in [3.8, 4) is 219 Å². The number of carbonyl (C=O) groups excluding carboxylic acids is 2. The summed E-state index contributed by atoms with van der Waals surface area (Å²) < 4.78 is 266. The third-order valence-electron chi connectivity index (χ3n) is 15.8. The SMILES string of the molecule is CC#CC#CC#CC#CC#CC.CC#CC#CC#CC#CC#CC#CC#CC#CC#CC#CC#CC#CC#CC.CCN(CC)CC.O=C(O)C(F)(F)F.O=C(Oc1c(F)c(F)c(F)c(F)c1F)OC(C(F)(F)F)C(F)(F)F.[C-]#[N+]c1ccc(C2COC3(CCN(C(=O)OC(C(F)(F)F)C(F)(F)F)CC3)C2)cc1.[C-]#[N+]c1ccc(C2COC3(CCNCC3)C2)cc1. The molecule has 0 bridgehead atoms. The zero-order chi connectivity index (χ0) is 94.8. The monoisotopic (exact) mass is 1760 g/mol. The van der Waals surface area contributed by atoms with Crippen LogP contribution in [0.4, 0.5) is 109 Å². The zero-order valence-corrected chi connectivity index (χ0v) is 67.1. The van der Waals surface area contributed by atoms with E-state index in [1.165, 1.54) is 25.2 Å². The fourth-order valence-electron chi connectivity index (χ4n) is 9.92. The van der Waals surface area contributed by atoms with Gasteiger partial charge in [-0.05, 0) is 252 Å². The van der Waals surface area contributed by atoms with Gasteiger partial charge in [0, 0.05) is 72.3 Å². The largest absolute Gasteiger partial charge is 0.514 e. The standard InChI is InChI=1S/C28H6.C19H18F6N2O3.C15H18N2O.C12H6.C10HF11O3.C6H15N.C2HF3O2/c1-3-5-7-9-11-13-15-17-19-21-23-25-27-28-26-24-22-20-18-16-14-12-10-8-6-4-2;1-26-14-4-2-12(3-5-14)13-10-17(29-11-13)6-8-27(9-7-17)16(28)30-15(18(20,21)22)19(23,24)25;1-16-14-4-2-12(3-5-14)13-10-15(18-11-13)6-8-17-9-7-15;1-3-5-7-9-11-12-10-8-6-4-2;11-1-2(12)4(14)6(5(15)3(1)13)23-8(22)24-7(9(16,17)18)10(19,20)21;1-4-7(5-2)6-3;3-2(4,5)1(6)7/h1-2H3;2-5,13,15H,6-11H2;2-5,13,17H,6-11H2;1-2H3;7H;4-6H2,1-3H3;(H,6,7). The fourth-order valence-corrected chi connectivity index (χ4v) is 9.92. The number of nitrogens with zero attached hydrogens (tertiary/aromatic N) is 4. The second-order valence-corrected chi connectivity index (χ2v) is 24.0. The lowest BCUT2D eigenvalue weighted by molar-refractivity contribution is -0.309. The predicted octanol–water partition coefficient (Wildman–Crippen LogP) is 16.6. The van der Waals surface area contributed by atoms with E-state index in [4.69, 9.17) is 32.5 Å². The van der Waals surface area contributed by atoms with Crippen molar-refractivity contribution in [3.63, 3.8) is 0 Å². The molecule has 652 valence electrons. The maximum absolute atomic E-state index is 13.1. The summed E-state index contributed by atoms with van der Waals surface area (Å²) in [5.41, 5.74) is 3.06. The summed E-state index contributed by atoms with van der Waals surface area (Å²) in [6.07, 6.45) is -37.9. The summed E-state index contributed by atoms with van der Waals surface area (Å²) in [5, 5.41) is 10.5. The van der Waals surface area contributed by atoms with Crippen LogP contribution in [0.15, 0.2) is 48.5 Å². The number of carbonyl (C=O) groups is 3. The Morgan fingerprint density at radius 1 is 0.444 bits per heavy atom. The Morgan fingerprint density at radius 2 is 0.698 bits per heavy atom. The molecule has 0 radical (unpaired) electrons. The number of nitrogens with one attached hydrogen (secondary N) is 1. The van der Waals surface area contributed by atoms with Crippen LogP contribution >= 0.6 is 0 Å². The molecule has 2 unspecified atom stereocenters. The number of carboxylic acids is 1. The van der Waals surface area contributed by atoms with Crippen LogP contribution in [0, 0.1) is 255 Å². The van der Waals surface area contributed by atoms with Crippen molar-refractivity contribution in [1.82, 2.24) is 15.1 Å². The minimum Gasteiger partial charge on any atom is -0.475 e. The quantitative estimate of drug-likeness (QED) is 0.0423. The number of hydrogen-bond donors (Lipinski definition) is 2. The molecule has 2 atom stereocenters. The van der Waals surface area contributed by atoms with Gasteiger partial charge in [0.1, 0.15) is 0 Å². The van der Waals surface area contributed by atoms with E-state index in [1.807, 2.05) is 24.3 Å². The highest BCUT2D eigenvalue weighted by molar-refractivity contribution is 5.73. The highest BCUT2D eigenvalue weighted by Gasteiger charge is 2.62. The average molecular weight is 1760 g/mol. The molecule has 4 fully saturated rings. The maximum Gasteiger partial charge on any atom is 0.514 e. The number of amides is 1. The lowest BCUT2D eigenvalue weighted by atomic mass is 9.83. The number of benzene rings is 3. The number of hydrogen-bond acceptors (Lipinski definition) is 10. The van der Waals surface area contributed by atoms with E-state index in [2.05, 4.69) is 280 Å². The van der Waals surface area contributed by atoms with Gasteiger partial charge in [-0.1, -0.05) is 93.0 Å². The number of likely N-dealkylation sites (tertiary alicyclic amines) is 1. The third-order valence-corrected chi connectivity index (χ3v) is 15.8. The molecule has 34 heteroatoms. The first kappa shape index (κ1) is 109. The molecule has 4 heterocycles. The van der Waals surface area contributed by atoms with Gasteiger partial charge in [-0.15, -0.1) is 0 Å². The lowest BCUT2D eigenvalue weighted by Crippen LogP contribution is -2.51. The number of carboxylic acid groups (broad SMARTS) is 1. The van der Waals surface area contributed by atoms with Gasteiger partial charge in [0.05, 0.1) is 37.6 Å². The first-order chi connectivity index (χ1) is 59.5. The van der Waals surface area contributed by atoms with Gasteiger partial charge in [0.25, 0.3) is 12.2 Å². The summed E-state index contributed by atoms with van der Waals surface area (Å²) in [4.78, 5) is 41.6. The second kappa shape index (κ2) is 57.5. The van der Waals surface area contributed by atoms with Crippen LogP contribution in [0.5, 0.6) is 5.75 Å². The van der Waals surface area contributed by atoms with Crippen LogP contribution < -0.4 is 10.1 Å². The van der Waals surface area contributed by atoms with Crippen molar-refractivity contribution >= 4 is 29.6 Å². The first-order valence-electron chi connectivity index (χ1n) is 35.8. The third kappa shape index (κ3) is 43.6. The summed E-state index contributed by atoms with van der Waals surface area (Å²) in [7, 11) is 0. The second-order valence-electron chi connectivity index (χ2n) is 24.0. The highest BCUT2D eigenvalue weighted by atomic mass is 19.4. The highest BCUT2D eigenvalue weighted by Crippen LogP contribution is 2.45. The smallest absolute Gasteiger partial charge is 0.475 e. The summed E-state index contributed by atoms with van der Waals surface area (Å²) >= 11 is 0. The van der Waals surface area contributed by atoms with Crippen LogP contribution in [0.25, 0.3) is 9.69 Å². The minimum atomic E-state index is -6.19. The number of alkyl halides is 15. The predicted molar refractivity (Wildman–Crippen MR) is 422 cm³/mol. The van der Waals surface area contributed by atoms with Crippen LogP contribution in [-0.2, 0) is 23.7 Å². The zero-order valence-electron chi connectivity index (χ0n) is 67.1. The Bertz CT molecular complexity index is 5410. The molecule has 2 N–H and O–H groups in total. The van der Waals surface area contributed by atoms with Gasteiger partial charge < -0.3 is 43.9 Å². The van der Waals surface area contributed by atoms with Crippen LogP contribution in [0.3, 0.4) is 0 Å². The average Bonchev–Trinajstić information content (AvgIpc) is 1.28. The molecule has 0 aromatic heterocycles. The van der Waals surface area contributed by atoms with Crippen molar-refractivity contribution in [2.24, 2.45) is 0 Å². The van der Waals surface area contributed by atoms with E-state index in [0.29, 0.717) is 30.3 Å². The molecule has 4 saturated heterocycles. The summed E-state index contributed by atoms with van der Waals surface area (Å²) in [5.74, 6) is 72.9. The van der Waals surface area contributed by atoms with Crippen LogP contribution in [0.2, 0.25) is 0 Å². The normalized spacial score (nSPS) is 13.7. The Morgan fingerprint density at radius 3 is 0.937 bits per heavy atom. The summed E-state index contributed by atoms with van der Waals surface area (Å²) in [6.45, 7) is 34.2. The molecule has 3 aromatic carbocycles. The van der Waals surface area contributed by atoms with Crippen LogP contribution in [0.1, 0.15) is 110 Å². The van der Waals surface area contributed by atoms with Gasteiger partial charge in [-0.25, -0.2) is 37.2 Å². The van der Waals surface area contributed by atoms with Gasteiger partial charge in [0.15, 0.2) is 11.4 Å². The molecular formula is C92H65F20N5O9. The lowest BCUT2D eigenvalue weighted by Gasteiger charge is -2.38. The number of aliphatic carboxylic acids is 1. The van der Waals surface area contributed by atoms with Gasteiger partial charge in [-0.3, -0.25) is 0 Å².